The first-order chi connectivity index (χ1) is 6.19. The molecule has 1 aromatic carbocycles. The minimum absolute atomic E-state index is 0.126. The van der Waals surface area contributed by atoms with Crippen LogP contribution in [0.5, 0.6) is 5.75 Å². The van der Waals surface area contributed by atoms with Crippen LogP contribution in [0.2, 0.25) is 0 Å². The lowest BCUT2D eigenvalue weighted by molar-refractivity contribution is 0.0985. The number of hydrogen-bond acceptors (Lipinski definition) is 2. The fourth-order valence-corrected chi connectivity index (χ4v) is 1.23. The van der Waals surface area contributed by atoms with E-state index in [0.29, 0.717) is 17.7 Å². The van der Waals surface area contributed by atoms with Crippen LogP contribution in [0.25, 0.3) is 0 Å². The van der Waals surface area contributed by atoms with Gasteiger partial charge in [-0.25, -0.2) is 0 Å². The predicted octanol–water partition coefficient (Wildman–Crippen LogP) is 2.60. The molecule has 0 aliphatic carbocycles. The highest BCUT2D eigenvalue weighted by molar-refractivity contribution is 5.98. The fraction of sp³-hybridized carbons (Fsp3) is 0.364. The average Bonchev–Trinajstić information content (AvgIpc) is 2.16. The van der Waals surface area contributed by atoms with E-state index in [-0.39, 0.29) is 5.78 Å². The summed E-state index contributed by atoms with van der Waals surface area (Å²) in [5.74, 6) is 0.790. The van der Waals surface area contributed by atoms with Crippen LogP contribution in [-0.2, 0) is 0 Å². The summed E-state index contributed by atoms with van der Waals surface area (Å²) in [4.78, 5) is 11.5. The van der Waals surface area contributed by atoms with E-state index >= 15 is 0 Å². The molecule has 0 aliphatic heterocycles. The Morgan fingerprint density at radius 2 is 2.15 bits per heavy atom. The quantitative estimate of drug-likeness (QED) is 0.665. The lowest BCUT2D eigenvalue weighted by Gasteiger charge is -2.06. The minimum Gasteiger partial charge on any atom is -0.496 e. The molecule has 0 fully saturated rings. The first kappa shape index (κ1) is 9.78. The normalized spacial score (nSPS) is 9.77. The number of carbonyl (C=O) groups is 1. The molecule has 0 heterocycles. The zero-order valence-electron chi connectivity index (χ0n) is 8.26. The summed E-state index contributed by atoms with van der Waals surface area (Å²) in [5.41, 5.74) is 1.77. The van der Waals surface area contributed by atoms with Gasteiger partial charge in [0.05, 0.1) is 12.7 Å². The highest BCUT2D eigenvalue weighted by Crippen LogP contribution is 2.20. The number of aryl methyl sites for hydroxylation is 1. The molecule has 0 spiro atoms. The number of Topliss-reactive ketones (excluding diaryl/α,β-unsaturated/α-hetero) is 1. The Bertz CT molecular complexity index is 316. The zero-order valence-corrected chi connectivity index (χ0v) is 8.26. The van der Waals surface area contributed by atoms with Crippen molar-refractivity contribution < 1.29 is 9.53 Å². The van der Waals surface area contributed by atoms with E-state index in [4.69, 9.17) is 4.74 Å². The summed E-state index contributed by atoms with van der Waals surface area (Å²) in [6, 6.07) is 5.63. The summed E-state index contributed by atoms with van der Waals surface area (Å²) in [7, 11) is 1.58. The molecule has 0 N–H and O–H groups in total. The van der Waals surface area contributed by atoms with E-state index in [1.807, 2.05) is 32.0 Å². The topological polar surface area (TPSA) is 26.3 Å². The summed E-state index contributed by atoms with van der Waals surface area (Å²) < 4.78 is 5.10. The van der Waals surface area contributed by atoms with E-state index in [9.17, 15) is 4.79 Å². The third kappa shape index (κ3) is 2.08. The Morgan fingerprint density at radius 1 is 1.46 bits per heavy atom. The van der Waals surface area contributed by atoms with Gasteiger partial charge in [-0.15, -0.1) is 0 Å². The lowest BCUT2D eigenvalue weighted by Crippen LogP contribution is -2.00. The van der Waals surface area contributed by atoms with Crippen LogP contribution in [0.15, 0.2) is 18.2 Å². The molecule has 0 amide bonds. The zero-order chi connectivity index (χ0) is 9.84. The van der Waals surface area contributed by atoms with Crippen LogP contribution in [0.3, 0.4) is 0 Å². The van der Waals surface area contributed by atoms with Crippen molar-refractivity contribution in [3.05, 3.63) is 29.3 Å². The number of carbonyl (C=O) groups excluding carboxylic acids is 1. The maximum Gasteiger partial charge on any atom is 0.166 e. The van der Waals surface area contributed by atoms with Crippen LogP contribution in [0.4, 0.5) is 0 Å². The fourth-order valence-electron chi connectivity index (χ4n) is 1.23. The maximum atomic E-state index is 11.5. The Morgan fingerprint density at radius 3 is 2.69 bits per heavy atom. The van der Waals surface area contributed by atoms with Gasteiger partial charge in [-0.3, -0.25) is 4.79 Å². The number of rotatable bonds is 3. The molecule has 1 rings (SSSR count). The molecular weight excluding hydrogens is 164 g/mol. The number of benzene rings is 1. The second-order valence-corrected chi connectivity index (χ2v) is 2.98. The van der Waals surface area contributed by atoms with E-state index in [1.165, 1.54) is 0 Å². The van der Waals surface area contributed by atoms with Crippen LogP contribution < -0.4 is 4.74 Å². The Kier molecular flexibility index (Phi) is 3.07. The van der Waals surface area contributed by atoms with Gasteiger partial charge in [0.1, 0.15) is 5.75 Å². The van der Waals surface area contributed by atoms with Crippen molar-refractivity contribution in [1.82, 2.24) is 0 Å². The molecule has 0 saturated heterocycles. The van der Waals surface area contributed by atoms with Crippen LogP contribution in [0.1, 0.15) is 29.3 Å². The molecule has 13 heavy (non-hydrogen) atoms. The highest BCUT2D eigenvalue weighted by atomic mass is 16.5. The summed E-state index contributed by atoms with van der Waals surface area (Å²) in [6.07, 6.45) is 0.514. The van der Waals surface area contributed by atoms with E-state index < -0.39 is 0 Å². The number of methoxy groups -OCH3 is 1. The van der Waals surface area contributed by atoms with Gasteiger partial charge in [0, 0.05) is 6.42 Å². The third-order valence-electron chi connectivity index (χ3n) is 1.98. The van der Waals surface area contributed by atoms with Crippen molar-refractivity contribution in [2.45, 2.75) is 20.3 Å². The lowest BCUT2D eigenvalue weighted by atomic mass is 10.1. The first-order valence-electron chi connectivity index (χ1n) is 4.37. The average molecular weight is 178 g/mol. The number of hydrogen-bond donors (Lipinski definition) is 0. The van der Waals surface area contributed by atoms with Gasteiger partial charge in [0.2, 0.25) is 0 Å². The van der Waals surface area contributed by atoms with E-state index in [1.54, 1.807) is 7.11 Å². The monoisotopic (exact) mass is 178 g/mol. The number of ketones is 1. The highest BCUT2D eigenvalue weighted by Gasteiger charge is 2.09. The van der Waals surface area contributed by atoms with Gasteiger partial charge in [-0.1, -0.05) is 18.6 Å². The molecule has 0 radical (unpaired) electrons. The van der Waals surface area contributed by atoms with Crippen molar-refractivity contribution in [2.75, 3.05) is 7.11 Å². The predicted molar refractivity (Wildman–Crippen MR) is 52.4 cm³/mol. The standard InChI is InChI=1S/C11H14O2/c1-4-10(12)9-7-8(2)5-6-11(9)13-3/h5-7H,4H2,1-3H3. The van der Waals surface area contributed by atoms with Crippen molar-refractivity contribution in [2.24, 2.45) is 0 Å². The van der Waals surface area contributed by atoms with Crippen molar-refractivity contribution in [1.29, 1.82) is 0 Å². The van der Waals surface area contributed by atoms with Gasteiger partial charge in [0.15, 0.2) is 5.78 Å². The minimum atomic E-state index is 0.126. The van der Waals surface area contributed by atoms with Crippen LogP contribution >= 0.6 is 0 Å². The smallest absolute Gasteiger partial charge is 0.166 e. The maximum absolute atomic E-state index is 11.5. The van der Waals surface area contributed by atoms with Crippen LogP contribution in [-0.4, -0.2) is 12.9 Å². The van der Waals surface area contributed by atoms with Gasteiger partial charge >= 0.3 is 0 Å². The molecule has 2 heteroatoms. The molecule has 2 nitrogen and oxygen atoms in total. The second-order valence-electron chi connectivity index (χ2n) is 2.98. The molecule has 70 valence electrons. The third-order valence-corrected chi connectivity index (χ3v) is 1.98. The SMILES string of the molecule is CCC(=O)c1cc(C)ccc1OC. The van der Waals surface area contributed by atoms with Gasteiger partial charge < -0.3 is 4.74 Å². The Hall–Kier alpha value is -1.31. The molecule has 0 atom stereocenters. The molecule has 0 unspecified atom stereocenters. The molecule has 1 aromatic rings. The van der Waals surface area contributed by atoms with Gasteiger partial charge in [-0.05, 0) is 19.1 Å². The molecule has 0 saturated carbocycles. The van der Waals surface area contributed by atoms with Gasteiger partial charge in [-0.2, -0.15) is 0 Å². The first-order valence-corrected chi connectivity index (χ1v) is 4.37. The van der Waals surface area contributed by atoms with Crippen LogP contribution in [0, 0.1) is 6.92 Å². The largest absolute Gasteiger partial charge is 0.496 e. The molecule has 0 aliphatic rings. The number of ether oxygens (including phenoxy) is 1. The summed E-state index contributed by atoms with van der Waals surface area (Å²) in [6.45, 7) is 3.82. The van der Waals surface area contributed by atoms with E-state index in [0.717, 1.165) is 5.56 Å². The van der Waals surface area contributed by atoms with Crippen molar-refractivity contribution >= 4 is 5.78 Å². The van der Waals surface area contributed by atoms with Gasteiger partial charge in [0.25, 0.3) is 0 Å². The molecular formula is C11H14O2. The molecule has 0 aromatic heterocycles. The summed E-state index contributed by atoms with van der Waals surface area (Å²) in [5, 5.41) is 0. The Balaban J connectivity index is 3.15. The molecule has 0 bridgehead atoms. The van der Waals surface area contributed by atoms with Crippen molar-refractivity contribution in [3.8, 4) is 5.75 Å². The second kappa shape index (κ2) is 4.08. The summed E-state index contributed by atoms with van der Waals surface area (Å²) >= 11 is 0. The Labute approximate surface area is 78.5 Å². The van der Waals surface area contributed by atoms with Crippen molar-refractivity contribution in [3.63, 3.8) is 0 Å². The van der Waals surface area contributed by atoms with E-state index in [2.05, 4.69) is 0 Å².